The maximum atomic E-state index is 12.6. The lowest BCUT2D eigenvalue weighted by molar-refractivity contribution is 0.102. The highest BCUT2D eigenvalue weighted by atomic mass is 79.9. The van der Waals surface area contributed by atoms with Gasteiger partial charge < -0.3 is 10.2 Å². The fourth-order valence-electron chi connectivity index (χ4n) is 2.44. The van der Waals surface area contributed by atoms with Crippen molar-refractivity contribution in [1.29, 1.82) is 0 Å². The Kier molecular flexibility index (Phi) is 4.09. The number of fused-ring (bicyclic) bond motifs is 1. The van der Waals surface area contributed by atoms with Crippen molar-refractivity contribution in [2.24, 2.45) is 0 Å². The topological polar surface area (TPSA) is 49.6 Å². The molecule has 0 saturated carbocycles. The van der Waals surface area contributed by atoms with Gasteiger partial charge in [0.25, 0.3) is 5.91 Å². The van der Waals surface area contributed by atoms with Gasteiger partial charge in [0, 0.05) is 36.1 Å². The number of amides is 1. The zero-order valence-corrected chi connectivity index (χ0v) is 14.8. The molecule has 2 aromatic heterocycles. The molecule has 0 atom stereocenters. The minimum absolute atomic E-state index is 0.175. The van der Waals surface area contributed by atoms with Crippen LogP contribution in [0.4, 0.5) is 11.4 Å². The third-order valence-corrected chi connectivity index (χ3v) is 4.08. The van der Waals surface area contributed by atoms with E-state index < -0.39 is 0 Å². The van der Waals surface area contributed by atoms with Crippen molar-refractivity contribution in [2.75, 3.05) is 24.3 Å². The van der Waals surface area contributed by atoms with Crippen LogP contribution in [0.3, 0.4) is 0 Å². The molecule has 23 heavy (non-hydrogen) atoms. The highest BCUT2D eigenvalue weighted by Crippen LogP contribution is 2.20. The Hall–Kier alpha value is -2.34. The van der Waals surface area contributed by atoms with Gasteiger partial charge in [-0.05, 0) is 59.3 Å². The van der Waals surface area contributed by atoms with Crippen molar-refractivity contribution >= 4 is 38.9 Å². The number of hydrogen-bond donors (Lipinski definition) is 1. The zero-order chi connectivity index (χ0) is 16.6. The van der Waals surface area contributed by atoms with Crippen LogP contribution in [0.25, 0.3) is 5.65 Å². The van der Waals surface area contributed by atoms with Crippen LogP contribution in [0.1, 0.15) is 16.2 Å². The molecule has 0 aliphatic rings. The van der Waals surface area contributed by atoms with Crippen LogP contribution >= 0.6 is 15.9 Å². The molecule has 0 bridgehead atoms. The monoisotopic (exact) mass is 372 g/mol. The molecule has 1 amide bonds. The zero-order valence-electron chi connectivity index (χ0n) is 13.2. The summed E-state index contributed by atoms with van der Waals surface area (Å²) in [6.45, 7) is 1.84. The first-order valence-electron chi connectivity index (χ1n) is 7.18. The molecule has 0 fully saturated rings. The Morgan fingerprint density at radius 1 is 1.17 bits per heavy atom. The average molecular weight is 373 g/mol. The van der Waals surface area contributed by atoms with Crippen molar-refractivity contribution in [3.63, 3.8) is 0 Å². The summed E-state index contributed by atoms with van der Waals surface area (Å²) in [6, 6.07) is 11.5. The highest BCUT2D eigenvalue weighted by molar-refractivity contribution is 9.10. The van der Waals surface area contributed by atoms with Crippen LogP contribution in [0, 0.1) is 6.92 Å². The van der Waals surface area contributed by atoms with E-state index in [1.807, 2.05) is 68.5 Å². The largest absolute Gasteiger partial charge is 0.378 e. The summed E-state index contributed by atoms with van der Waals surface area (Å²) in [6.07, 6.45) is 1.85. The van der Waals surface area contributed by atoms with Crippen LogP contribution in [0.2, 0.25) is 0 Å². The van der Waals surface area contributed by atoms with E-state index in [1.54, 1.807) is 4.40 Å². The number of anilines is 2. The van der Waals surface area contributed by atoms with Crippen LogP contribution < -0.4 is 10.2 Å². The smallest absolute Gasteiger partial charge is 0.274 e. The summed E-state index contributed by atoms with van der Waals surface area (Å²) >= 11 is 3.43. The van der Waals surface area contributed by atoms with Gasteiger partial charge >= 0.3 is 0 Å². The second kappa shape index (κ2) is 6.04. The number of hydrogen-bond acceptors (Lipinski definition) is 3. The summed E-state index contributed by atoms with van der Waals surface area (Å²) in [5, 5.41) is 2.93. The lowest BCUT2D eigenvalue weighted by atomic mass is 10.2. The van der Waals surface area contributed by atoms with Gasteiger partial charge in [0.05, 0.1) is 5.69 Å². The molecular weight excluding hydrogens is 356 g/mol. The summed E-state index contributed by atoms with van der Waals surface area (Å²) in [7, 11) is 3.96. The van der Waals surface area contributed by atoms with Gasteiger partial charge in [0.15, 0.2) is 0 Å². The van der Waals surface area contributed by atoms with Gasteiger partial charge in [-0.3, -0.25) is 9.20 Å². The molecule has 5 nitrogen and oxygen atoms in total. The predicted octanol–water partition coefficient (Wildman–Crippen LogP) is 3.72. The fourth-order valence-corrected chi connectivity index (χ4v) is 2.78. The Bertz CT molecular complexity index is 868. The van der Waals surface area contributed by atoms with Gasteiger partial charge in [-0.2, -0.15) is 0 Å². The Balaban J connectivity index is 1.91. The van der Waals surface area contributed by atoms with Crippen molar-refractivity contribution in [3.8, 4) is 0 Å². The molecule has 0 aliphatic carbocycles. The molecule has 0 spiro atoms. The quantitative estimate of drug-likeness (QED) is 0.761. The van der Waals surface area contributed by atoms with Crippen LogP contribution in [0.5, 0.6) is 0 Å². The molecule has 0 aliphatic heterocycles. The number of halogens is 1. The van der Waals surface area contributed by atoms with Crippen molar-refractivity contribution in [2.45, 2.75) is 6.92 Å². The van der Waals surface area contributed by atoms with E-state index >= 15 is 0 Å². The molecule has 0 radical (unpaired) electrons. The molecule has 6 heteroatoms. The van der Waals surface area contributed by atoms with Crippen molar-refractivity contribution < 1.29 is 4.79 Å². The second-order valence-corrected chi connectivity index (χ2v) is 6.43. The Morgan fingerprint density at radius 3 is 2.52 bits per heavy atom. The molecule has 3 rings (SSSR count). The number of nitrogens with one attached hydrogen (secondary N) is 1. The van der Waals surface area contributed by atoms with E-state index in [9.17, 15) is 4.79 Å². The molecule has 0 unspecified atom stereocenters. The lowest BCUT2D eigenvalue weighted by Gasteiger charge is -2.13. The third kappa shape index (κ3) is 3.07. The number of aryl methyl sites for hydroxylation is 1. The van der Waals surface area contributed by atoms with E-state index in [-0.39, 0.29) is 5.91 Å². The summed E-state index contributed by atoms with van der Waals surface area (Å²) in [5.41, 5.74) is 3.82. The van der Waals surface area contributed by atoms with E-state index in [1.165, 1.54) is 0 Å². The van der Waals surface area contributed by atoms with Gasteiger partial charge in [0.1, 0.15) is 11.3 Å². The third-order valence-electron chi connectivity index (χ3n) is 3.61. The number of benzene rings is 1. The summed E-state index contributed by atoms with van der Waals surface area (Å²) < 4.78 is 2.69. The Labute approximate surface area is 143 Å². The van der Waals surface area contributed by atoms with Crippen molar-refractivity contribution in [1.82, 2.24) is 9.38 Å². The summed E-state index contributed by atoms with van der Waals surface area (Å²) in [5.74, 6) is -0.175. The minimum Gasteiger partial charge on any atom is -0.378 e. The number of nitrogens with zero attached hydrogens (tertiary/aromatic N) is 3. The number of aromatic nitrogens is 2. The number of carbonyl (C=O) groups excluding carboxylic acids is 1. The van der Waals surface area contributed by atoms with Gasteiger partial charge in [-0.1, -0.05) is 0 Å². The average Bonchev–Trinajstić information content (AvgIpc) is 2.83. The lowest BCUT2D eigenvalue weighted by Crippen LogP contribution is -2.16. The molecule has 2 heterocycles. The molecule has 0 saturated heterocycles. The SMILES string of the molecule is Cc1nc2ccc(Br)cn2c1C(=O)Nc1ccc(N(C)C)cc1. The van der Waals surface area contributed by atoms with Crippen molar-refractivity contribution in [3.05, 3.63) is 58.5 Å². The highest BCUT2D eigenvalue weighted by Gasteiger charge is 2.17. The van der Waals surface area contributed by atoms with Gasteiger partial charge in [-0.25, -0.2) is 4.98 Å². The second-order valence-electron chi connectivity index (χ2n) is 5.52. The number of pyridine rings is 1. The molecule has 118 valence electrons. The number of imidazole rings is 1. The fraction of sp³-hybridized carbons (Fsp3) is 0.176. The van der Waals surface area contributed by atoms with E-state index in [0.717, 1.165) is 21.5 Å². The van der Waals surface area contributed by atoms with Gasteiger partial charge in [0.2, 0.25) is 0 Å². The van der Waals surface area contributed by atoms with Crippen LogP contribution in [0.15, 0.2) is 47.1 Å². The number of carbonyl (C=O) groups is 1. The maximum absolute atomic E-state index is 12.6. The first-order chi connectivity index (χ1) is 11.0. The molecule has 3 aromatic rings. The first-order valence-corrected chi connectivity index (χ1v) is 7.98. The van der Waals surface area contributed by atoms with Gasteiger partial charge in [-0.15, -0.1) is 0 Å². The Morgan fingerprint density at radius 2 is 1.87 bits per heavy atom. The van der Waals surface area contributed by atoms with Crippen LogP contribution in [-0.4, -0.2) is 29.4 Å². The maximum Gasteiger partial charge on any atom is 0.274 e. The normalized spacial score (nSPS) is 10.8. The molecular formula is C17H17BrN4O. The van der Waals surface area contributed by atoms with E-state index in [2.05, 4.69) is 26.2 Å². The van der Waals surface area contributed by atoms with E-state index in [0.29, 0.717) is 11.4 Å². The van der Waals surface area contributed by atoms with Crippen LogP contribution in [-0.2, 0) is 0 Å². The first kappa shape index (κ1) is 15.6. The summed E-state index contributed by atoms with van der Waals surface area (Å²) in [4.78, 5) is 19.1. The standard InChI is InChI=1S/C17H17BrN4O/c1-11-16(22-10-12(18)4-9-15(22)19-11)17(23)20-13-5-7-14(8-6-13)21(2)3/h4-10H,1-3H3,(H,20,23). The molecule has 1 aromatic carbocycles. The predicted molar refractivity (Wildman–Crippen MR) is 96.4 cm³/mol. The minimum atomic E-state index is -0.175. The van der Waals surface area contributed by atoms with E-state index in [4.69, 9.17) is 0 Å². The molecule has 1 N–H and O–H groups in total. The number of rotatable bonds is 3.